The Morgan fingerprint density at radius 3 is 2.50 bits per heavy atom. The van der Waals surface area contributed by atoms with Crippen molar-refractivity contribution in [3.8, 4) is 0 Å². The molecule has 0 rings (SSSR count). The van der Waals surface area contributed by atoms with Crippen molar-refractivity contribution in [2.24, 2.45) is 0 Å². The van der Waals surface area contributed by atoms with Crippen LogP contribution in [0.15, 0.2) is 0 Å². The van der Waals surface area contributed by atoms with Crippen LogP contribution in [0.2, 0.25) is 0 Å². The molecule has 0 aliphatic rings. The van der Waals surface area contributed by atoms with Gasteiger partial charge in [0, 0.05) is 0 Å². The van der Waals surface area contributed by atoms with Crippen molar-refractivity contribution in [1.29, 1.82) is 0 Å². The minimum atomic E-state index is -0.630. The molecule has 1 N–H and O–H groups in total. The molecule has 0 fully saturated rings. The second-order valence-electron chi connectivity index (χ2n) is 0.636. The Bertz CT molecular complexity index is 46.8. The SMILES string of the molecule is [CH]NC(=O)OC. The summed E-state index contributed by atoms with van der Waals surface area (Å²) >= 11 is 0. The van der Waals surface area contributed by atoms with E-state index in [1.807, 2.05) is 0 Å². The first-order chi connectivity index (χ1) is 2.81. The summed E-state index contributed by atoms with van der Waals surface area (Å²) in [7, 11) is 5.80. The van der Waals surface area contributed by atoms with E-state index in [0.29, 0.717) is 0 Å². The number of rotatable bonds is 0. The third-order valence-electron chi connectivity index (χ3n) is 0.303. The zero-order chi connectivity index (χ0) is 4.99. The molecule has 2 radical (unpaired) electrons. The molecule has 0 unspecified atom stereocenters. The third-order valence-corrected chi connectivity index (χ3v) is 0.303. The van der Waals surface area contributed by atoms with E-state index in [2.05, 4.69) is 11.8 Å². The predicted octanol–water partition coefficient (Wildman–Crippen LogP) is 0.0110. The summed E-state index contributed by atoms with van der Waals surface area (Å²) in [5.41, 5.74) is 0. The molecule has 0 aromatic carbocycles. The fraction of sp³-hybridized carbons (Fsp3) is 0.333. The summed E-state index contributed by atoms with van der Waals surface area (Å²) in [6.45, 7) is 0. The van der Waals surface area contributed by atoms with Crippen LogP contribution in [0.5, 0.6) is 0 Å². The van der Waals surface area contributed by atoms with Crippen LogP contribution in [0.25, 0.3) is 0 Å². The van der Waals surface area contributed by atoms with Gasteiger partial charge in [0.15, 0.2) is 0 Å². The van der Waals surface area contributed by atoms with E-state index in [1.54, 1.807) is 5.32 Å². The monoisotopic (exact) mass is 87.0 g/mol. The van der Waals surface area contributed by atoms with Crippen LogP contribution >= 0.6 is 0 Å². The van der Waals surface area contributed by atoms with Gasteiger partial charge in [0.25, 0.3) is 0 Å². The van der Waals surface area contributed by atoms with Gasteiger partial charge in [-0.1, -0.05) is 0 Å². The van der Waals surface area contributed by atoms with E-state index in [1.165, 1.54) is 7.11 Å². The van der Waals surface area contributed by atoms with Crippen LogP contribution < -0.4 is 5.32 Å². The molecule has 0 saturated carbocycles. The molecule has 3 heteroatoms. The topological polar surface area (TPSA) is 38.3 Å². The fourth-order valence-electron chi connectivity index (χ4n) is 0.0589. The van der Waals surface area contributed by atoms with Gasteiger partial charge in [-0.15, -0.1) is 0 Å². The van der Waals surface area contributed by atoms with E-state index in [4.69, 9.17) is 0 Å². The quantitative estimate of drug-likeness (QED) is 0.423. The second-order valence-corrected chi connectivity index (χ2v) is 0.636. The molecule has 1 amide bonds. The number of alkyl carbamates (subject to hydrolysis) is 1. The van der Waals surface area contributed by atoms with Crippen LogP contribution in [-0.4, -0.2) is 13.2 Å². The fourth-order valence-corrected chi connectivity index (χ4v) is 0.0589. The van der Waals surface area contributed by atoms with Crippen LogP contribution in [0, 0.1) is 7.05 Å². The van der Waals surface area contributed by atoms with Gasteiger partial charge in [-0.2, -0.15) is 0 Å². The zero-order valence-corrected chi connectivity index (χ0v) is 3.39. The molecule has 0 saturated heterocycles. The molecule has 0 aromatic heterocycles. The summed E-state index contributed by atoms with van der Waals surface area (Å²) in [6, 6.07) is 0. The first-order valence-electron chi connectivity index (χ1n) is 1.36. The van der Waals surface area contributed by atoms with Crippen molar-refractivity contribution in [1.82, 2.24) is 5.32 Å². The van der Waals surface area contributed by atoms with Crippen molar-refractivity contribution < 1.29 is 9.53 Å². The second kappa shape index (κ2) is 2.50. The van der Waals surface area contributed by atoms with Crippen LogP contribution in [0.4, 0.5) is 4.79 Å². The maximum Gasteiger partial charge on any atom is 0.407 e. The van der Waals surface area contributed by atoms with Gasteiger partial charge >= 0.3 is 6.09 Å². The van der Waals surface area contributed by atoms with Crippen molar-refractivity contribution in [2.45, 2.75) is 0 Å². The summed E-state index contributed by atoms with van der Waals surface area (Å²) in [5, 5.41) is 1.75. The Morgan fingerprint density at radius 2 is 2.50 bits per heavy atom. The van der Waals surface area contributed by atoms with E-state index in [0.717, 1.165) is 0 Å². The molecule has 3 nitrogen and oxygen atoms in total. The van der Waals surface area contributed by atoms with Gasteiger partial charge < -0.3 is 10.1 Å². The average molecular weight is 87.1 g/mol. The lowest BCUT2D eigenvalue weighted by Crippen LogP contribution is -2.14. The van der Waals surface area contributed by atoms with Gasteiger partial charge in [0.1, 0.15) is 0 Å². The number of methoxy groups -OCH3 is 1. The minimum absolute atomic E-state index is 0.630. The van der Waals surface area contributed by atoms with E-state index in [-0.39, 0.29) is 0 Å². The Kier molecular flexibility index (Phi) is 2.20. The maximum atomic E-state index is 9.72. The highest BCUT2D eigenvalue weighted by atomic mass is 16.5. The van der Waals surface area contributed by atoms with Gasteiger partial charge in [-0.3, -0.25) is 0 Å². The highest BCUT2D eigenvalue weighted by Gasteiger charge is 1.85. The van der Waals surface area contributed by atoms with Crippen LogP contribution in [0.3, 0.4) is 0 Å². The molecule has 0 aliphatic heterocycles. The number of hydrogen-bond donors (Lipinski definition) is 1. The Labute approximate surface area is 36.3 Å². The van der Waals surface area contributed by atoms with E-state index in [9.17, 15) is 4.79 Å². The van der Waals surface area contributed by atoms with Crippen LogP contribution in [-0.2, 0) is 4.74 Å². The van der Waals surface area contributed by atoms with E-state index < -0.39 is 6.09 Å². The summed E-state index contributed by atoms with van der Waals surface area (Å²) in [6.07, 6.45) is -0.630. The standard InChI is InChI=1S/C3H5NO2/c1-4-3(5)6-2/h1H,2H3,(H,4,5). The maximum absolute atomic E-state index is 9.72. The lowest BCUT2D eigenvalue weighted by molar-refractivity contribution is 0.175. The molecule has 6 heavy (non-hydrogen) atoms. The van der Waals surface area contributed by atoms with Gasteiger partial charge in [0.05, 0.1) is 14.2 Å². The van der Waals surface area contributed by atoms with Gasteiger partial charge in [-0.05, 0) is 0 Å². The lowest BCUT2D eigenvalue weighted by atomic mass is 11.1. The summed E-state index contributed by atoms with van der Waals surface area (Å²) < 4.78 is 4.02. The third kappa shape index (κ3) is 1.58. The molecule has 0 spiro atoms. The normalized spacial score (nSPS) is 7.00. The van der Waals surface area contributed by atoms with Crippen molar-refractivity contribution in [3.63, 3.8) is 0 Å². The smallest absolute Gasteiger partial charge is 0.407 e. The molecular weight excluding hydrogens is 82.0 g/mol. The molecule has 0 aliphatic carbocycles. The van der Waals surface area contributed by atoms with Gasteiger partial charge in [-0.25, -0.2) is 4.79 Å². The number of amides is 1. The molecule has 0 bridgehead atoms. The number of carbonyl (C=O) groups excluding carboxylic acids is 1. The summed E-state index contributed by atoms with van der Waals surface area (Å²) in [4.78, 5) is 9.72. The molecule has 0 aromatic rings. The number of hydrogen-bond acceptors (Lipinski definition) is 2. The van der Waals surface area contributed by atoms with Gasteiger partial charge in [0.2, 0.25) is 0 Å². The molecular formula is C3H5NO2. The van der Waals surface area contributed by atoms with Crippen LogP contribution in [0.1, 0.15) is 0 Å². The minimum Gasteiger partial charge on any atom is -0.453 e. The average Bonchev–Trinajstić information content (AvgIpc) is 1.65. The Balaban J connectivity index is 2.99. The highest BCUT2D eigenvalue weighted by molar-refractivity contribution is 5.66. The van der Waals surface area contributed by atoms with Crippen molar-refractivity contribution in [3.05, 3.63) is 7.05 Å². The molecule has 0 heterocycles. The van der Waals surface area contributed by atoms with Crippen molar-refractivity contribution >= 4 is 6.09 Å². The largest absolute Gasteiger partial charge is 0.453 e. The Hall–Kier alpha value is -0.730. The Morgan fingerprint density at radius 1 is 2.00 bits per heavy atom. The first-order valence-corrected chi connectivity index (χ1v) is 1.36. The molecule has 34 valence electrons. The lowest BCUT2D eigenvalue weighted by Gasteiger charge is -1.89. The zero-order valence-electron chi connectivity index (χ0n) is 3.39. The van der Waals surface area contributed by atoms with Crippen molar-refractivity contribution in [2.75, 3.05) is 7.11 Å². The first kappa shape index (κ1) is 5.27. The number of carbonyl (C=O) groups is 1. The predicted molar refractivity (Wildman–Crippen MR) is 19.8 cm³/mol. The summed E-state index contributed by atoms with van der Waals surface area (Å²) in [5.74, 6) is 0. The highest BCUT2D eigenvalue weighted by Crippen LogP contribution is 1.63. The molecule has 0 atom stereocenters. The number of nitrogens with one attached hydrogen (secondary N) is 1. The number of ether oxygens (including phenoxy) is 1. The van der Waals surface area contributed by atoms with E-state index >= 15 is 0 Å².